The van der Waals surface area contributed by atoms with Crippen molar-refractivity contribution < 1.29 is 13.2 Å². The standard InChI is InChI=1S/C10H13NO3S/c1-8-3-5-10(6-4-8)15(13,14)11-9(2)7-12/h3-7,9,11H,1-2H3/t9-/m1/s1. The summed E-state index contributed by atoms with van der Waals surface area (Å²) < 4.78 is 25.5. The summed E-state index contributed by atoms with van der Waals surface area (Å²) in [5.74, 6) is 0. The Labute approximate surface area is 89.4 Å². The SMILES string of the molecule is Cc1ccc(S(=O)(=O)N[C@H](C)C=O)cc1. The zero-order valence-corrected chi connectivity index (χ0v) is 9.41. The summed E-state index contributed by atoms with van der Waals surface area (Å²) in [5.41, 5.74) is 0.984. The van der Waals surface area contributed by atoms with Crippen molar-refractivity contribution >= 4 is 16.3 Å². The average molecular weight is 227 g/mol. The molecular formula is C10H13NO3S. The van der Waals surface area contributed by atoms with Crippen molar-refractivity contribution in [3.63, 3.8) is 0 Å². The second kappa shape index (κ2) is 4.55. The molecule has 4 nitrogen and oxygen atoms in total. The molecule has 1 atom stereocenters. The molecule has 1 rings (SSSR count). The summed E-state index contributed by atoms with van der Waals surface area (Å²) in [4.78, 5) is 10.5. The van der Waals surface area contributed by atoms with Crippen molar-refractivity contribution in [2.75, 3.05) is 0 Å². The van der Waals surface area contributed by atoms with E-state index in [0.29, 0.717) is 6.29 Å². The van der Waals surface area contributed by atoms with Crippen LogP contribution in [0.5, 0.6) is 0 Å². The van der Waals surface area contributed by atoms with Crippen LogP contribution in [0.15, 0.2) is 29.2 Å². The molecule has 0 fully saturated rings. The van der Waals surface area contributed by atoms with Gasteiger partial charge in [0.05, 0.1) is 10.9 Å². The number of sulfonamides is 1. The monoisotopic (exact) mass is 227 g/mol. The van der Waals surface area contributed by atoms with Crippen LogP contribution in [0, 0.1) is 6.92 Å². The van der Waals surface area contributed by atoms with Crippen molar-refractivity contribution in [2.45, 2.75) is 24.8 Å². The molecule has 1 aromatic rings. The van der Waals surface area contributed by atoms with Crippen LogP contribution in [0.4, 0.5) is 0 Å². The Morgan fingerprint density at radius 3 is 2.27 bits per heavy atom. The lowest BCUT2D eigenvalue weighted by Crippen LogP contribution is -2.33. The van der Waals surface area contributed by atoms with Crippen molar-refractivity contribution in [3.8, 4) is 0 Å². The molecule has 0 unspecified atom stereocenters. The number of carbonyl (C=O) groups is 1. The Kier molecular flexibility index (Phi) is 3.60. The van der Waals surface area contributed by atoms with Gasteiger partial charge in [0.1, 0.15) is 6.29 Å². The third-order valence-corrected chi connectivity index (χ3v) is 3.45. The van der Waals surface area contributed by atoms with E-state index < -0.39 is 16.1 Å². The summed E-state index contributed by atoms with van der Waals surface area (Å²) in [6.07, 6.45) is 0.547. The van der Waals surface area contributed by atoms with Gasteiger partial charge >= 0.3 is 0 Å². The Bertz CT molecular complexity index is 436. The van der Waals surface area contributed by atoms with Gasteiger partial charge in [-0.15, -0.1) is 0 Å². The number of nitrogens with one attached hydrogen (secondary N) is 1. The fourth-order valence-corrected chi connectivity index (χ4v) is 2.23. The highest BCUT2D eigenvalue weighted by Crippen LogP contribution is 2.09. The molecule has 1 aromatic carbocycles. The van der Waals surface area contributed by atoms with Gasteiger partial charge in [0.2, 0.25) is 10.0 Å². The Morgan fingerprint density at radius 1 is 1.27 bits per heavy atom. The Balaban J connectivity index is 2.96. The minimum Gasteiger partial charge on any atom is -0.302 e. The van der Waals surface area contributed by atoms with Crippen LogP contribution in [0.2, 0.25) is 0 Å². The molecule has 5 heteroatoms. The first kappa shape index (κ1) is 11.9. The average Bonchev–Trinajstić information content (AvgIpc) is 2.17. The maximum atomic E-state index is 11.6. The van der Waals surface area contributed by atoms with Gasteiger partial charge in [-0.1, -0.05) is 17.7 Å². The highest BCUT2D eigenvalue weighted by molar-refractivity contribution is 7.89. The molecule has 82 valence electrons. The molecule has 0 saturated heterocycles. The molecule has 0 aliphatic carbocycles. The van der Waals surface area contributed by atoms with E-state index in [4.69, 9.17) is 0 Å². The summed E-state index contributed by atoms with van der Waals surface area (Å²) >= 11 is 0. The van der Waals surface area contributed by atoms with Gasteiger partial charge in [-0.2, -0.15) is 0 Å². The second-order valence-corrected chi connectivity index (χ2v) is 5.07. The van der Waals surface area contributed by atoms with E-state index in [0.717, 1.165) is 5.56 Å². The van der Waals surface area contributed by atoms with Crippen LogP contribution in [0.25, 0.3) is 0 Å². The quantitative estimate of drug-likeness (QED) is 0.776. The molecule has 1 N–H and O–H groups in total. The zero-order valence-electron chi connectivity index (χ0n) is 8.60. The van der Waals surface area contributed by atoms with Crippen molar-refractivity contribution in [2.24, 2.45) is 0 Å². The van der Waals surface area contributed by atoms with Crippen molar-refractivity contribution in [3.05, 3.63) is 29.8 Å². The highest BCUT2D eigenvalue weighted by atomic mass is 32.2. The molecule has 0 bridgehead atoms. The van der Waals surface area contributed by atoms with Crippen LogP contribution in [-0.4, -0.2) is 20.7 Å². The van der Waals surface area contributed by atoms with Crippen molar-refractivity contribution in [1.29, 1.82) is 0 Å². The van der Waals surface area contributed by atoms with Gasteiger partial charge in [-0.25, -0.2) is 13.1 Å². The summed E-state index contributed by atoms with van der Waals surface area (Å²) in [7, 11) is -3.57. The van der Waals surface area contributed by atoms with E-state index in [1.54, 1.807) is 12.1 Å². The summed E-state index contributed by atoms with van der Waals surface area (Å²) in [6, 6.07) is 5.72. The summed E-state index contributed by atoms with van der Waals surface area (Å²) in [6.45, 7) is 3.36. The van der Waals surface area contributed by atoms with Gasteiger partial charge in [0, 0.05) is 0 Å². The fourth-order valence-electron chi connectivity index (χ4n) is 1.06. The van der Waals surface area contributed by atoms with Gasteiger partial charge in [-0.3, -0.25) is 0 Å². The minimum absolute atomic E-state index is 0.168. The lowest BCUT2D eigenvalue weighted by molar-refractivity contribution is -0.108. The number of aryl methyl sites for hydroxylation is 1. The van der Waals surface area contributed by atoms with E-state index in [-0.39, 0.29) is 4.90 Å². The lowest BCUT2D eigenvalue weighted by Gasteiger charge is -2.08. The third-order valence-electron chi connectivity index (χ3n) is 1.88. The molecule has 0 saturated carbocycles. The first-order valence-corrected chi connectivity index (χ1v) is 5.98. The number of carbonyl (C=O) groups excluding carboxylic acids is 1. The van der Waals surface area contributed by atoms with E-state index in [2.05, 4.69) is 4.72 Å². The normalized spacial score (nSPS) is 13.5. The summed E-state index contributed by atoms with van der Waals surface area (Å²) in [5, 5.41) is 0. The third kappa shape index (κ3) is 3.14. The largest absolute Gasteiger partial charge is 0.302 e. The van der Waals surface area contributed by atoms with E-state index >= 15 is 0 Å². The predicted octanol–water partition coefficient (Wildman–Crippen LogP) is 0.861. The van der Waals surface area contributed by atoms with Crippen molar-refractivity contribution in [1.82, 2.24) is 4.72 Å². The van der Waals surface area contributed by atoms with Crippen LogP contribution in [-0.2, 0) is 14.8 Å². The maximum Gasteiger partial charge on any atom is 0.241 e. The molecular weight excluding hydrogens is 214 g/mol. The van der Waals surface area contributed by atoms with Gasteiger partial charge < -0.3 is 4.79 Å². The maximum absolute atomic E-state index is 11.6. The zero-order chi connectivity index (χ0) is 11.5. The first-order valence-electron chi connectivity index (χ1n) is 4.50. The van der Waals surface area contributed by atoms with Crippen LogP contribution in [0.3, 0.4) is 0 Å². The molecule has 0 heterocycles. The molecule has 0 aliphatic heterocycles. The van der Waals surface area contributed by atoms with Crippen LogP contribution in [0.1, 0.15) is 12.5 Å². The molecule has 0 radical (unpaired) electrons. The second-order valence-electron chi connectivity index (χ2n) is 3.36. The number of rotatable bonds is 4. The fraction of sp³-hybridized carbons (Fsp3) is 0.300. The Hall–Kier alpha value is -1.20. The first-order chi connectivity index (χ1) is 6.95. The molecule has 15 heavy (non-hydrogen) atoms. The topological polar surface area (TPSA) is 63.2 Å². The molecule has 0 aromatic heterocycles. The number of hydrogen-bond acceptors (Lipinski definition) is 3. The molecule has 0 amide bonds. The van der Waals surface area contributed by atoms with Gasteiger partial charge in [0.15, 0.2) is 0 Å². The predicted molar refractivity (Wildman–Crippen MR) is 57.0 cm³/mol. The smallest absolute Gasteiger partial charge is 0.241 e. The van der Waals surface area contributed by atoms with Crippen LogP contribution < -0.4 is 4.72 Å². The van der Waals surface area contributed by atoms with E-state index in [1.807, 2.05) is 6.92 Å². The number of aldehydes is 1. The van der Waals surface area contributed by atoms with E-state index in [9.17, 15) is 13.2 Å². The van der Waals surface area contributed by atoms with Crippen LogP contribution >= 0.6 is 0 Å². The number of benzene rings is 1. The van der Waals surface area contributed by atoms with E-state index in [1.165, 1.54) is 19.1 Å². The number of hydrogen-bond donors (Lipinski definition) is 1. The molecule has 0 spiro atoms. The van der Waals surface area contributed by atoms with Gasteiger partial charge in [-0.05, 0) is 26.0 Å². The molecule has 0 aliphatic rings. The lowest BCUT2D eigenvalue weighted by atomic mass is 10.2. The van der Waals surface area contributed by atoms with Gasteiger partial charge in [0.25, 0.3) is 0 Å². The Morgan fingerprint density at radius 2 is 1.80 bits per heavy atom. The highest BCUT2D eigenvalue weighted by Gasteiger charge is 2.16. The minimum atomic E-state index is -3.57.